The Hall–Kier alpha value is -2.54. The molecule has 2 aromatic heterocycles. The Bertz CT molecular complexity index is 874. The van der Waals surface area contributed by atoms with E-state index in [0.29, 0.717) is 36.6 Å². The van der Waals surface area contributed by atoms with Crippen LogP contribution in [-0.2, 0) is 17.8 Å². The van der Waals surface area contributed by atoms with Gasteiger partial charge < -0.3 is 9.88 Å². The predicted octanol–water partition coefficient (Wildman–Crippen LogP) is 1.59. The van der Waals surface area contributed by atoms with Gasteiger partial charge in [-0.05, 0) is 50.9 Å². The first-order valence-corrected chi connectivity index (χ1v) is 9.72. The summed E-state index contributed by atoms with van der Waals surface area (Å²) in [5, 5.41) is 0. The molecule has 27 heavy (non-hydrogen) atoms. The van der Waals surface area contributed by atoms with Gasteiger partial charge in [0, 0.05) is 30.1 Å². The zero-order valence-electron chi connectivity index (χ0n) is 15.6. The smallest absolute Gasteiger partial charge is 0.254 e. The molecule has 0 aliphatic carbocycles. The normalized spacial score (nSPS) is 18.3. The van der Waals surface area contributed by atoms with Crippen LogP contribution in [0, 0.1) is 0 Å². The number of H-pyrrole nitrogens is 1. The lowest BCUT2D eigenvalue weighted by Crippen LogP contribution is -2.49. The summed E-state index contributed by atoms with van der Waals surface area (Å²) >= 11 is 0. The number of hydrogen-bond donors (Lipinski definition) is 1. The minimum absolute atomic E-state index is 0.0595. The molecule has 1 saturated heterocycles. The van der Waals surface area contributed by atoms with E-state index >= 15 is 0 Å². The highest BCUT2D eigenvalue weighted by Crippen LogP contribution is 2.21. The van der Waals surface area contributed by atoms with Crippen LogP contribution in [0.1, 0.15) is 37.4 Å². The number of nitrogens with one attached hydrogen (secondary N) is 1. The SMILES string of the molecule is CC[C@H](C(=O)N1CCc2c(nc(-c3ccncc3)[nH]c2=O)C1)N1CCCC1. The third-order valence-electron chi connectivity index (χ3n) is 5.59. The summed E-state index contributed by atoms with van der Waals surface area (Å²) in [6, 6.07) is 3.57. The van der Waals surface area contributed by atoms with Crippen molar-refractivity contribution in [1.29, 1.82) is 0 Å². The Labute approximate surface area is 158 Å². The lowest BCUT2D eigenvalue weighted by molar-refractivity contribution is -0.137. The highest BCUT2D eigenvalue weighted by atomic mass is 16.2. The minimum atomic E-state index is -0.106. The number of likely N-dealkylation sites (tertiary alicyclic amines) is 1. The third kappa shape index (κ3) is 3.51. The Kier molecular flexibility index (Phi) is 5.03. The highest BCUT2D eigenvalue weighted by molar-refractivity contribution is 5.82. The molecule has 4 heterocycles. The van der Waals surface area contributed by atoms with Crippen molar-refractivity contribution in [1.82, 2.24) is 24.8 Å². The molecule has 2 aromatic rings. The second kappa shape index (κ2) is 7.60. The maximum Gasteiger partial charge on any atom is 0.254 e. The summed E-state index contributed by atoms with van der Waals surface area (Å²) in [6.45, 7) is 5.05. The molecule has 0 aromatic carbocycles. The first-order chi connectivity index (χ1) is 13.2. The first-order valence-electron chi connectivity index (χ1n) is 9.72. The second-order valence-electron chi connectivity index (χ2n) is 7.25. The van der Waals surface area contributed by atoms with Gasteiger partial charge in [-0.2, -0.15) is 0 Å². The summed E-state index contributed by atoms with van der Waals surface area (Å²) in [5.74, 6) is 0.694. The van der Waals surface area contributed by atoms with Crippen LogP contribution < -0.4 is 5.56 Å². The Morgan fingerprint density at radius 3 is 2.67 bits per heavy atom. The predicted molar refractivity (Wildman–Crippen MR) is 102 cm³/mol. The third-order valence-corrected chi connectivity index (χ3v) is 5.59. The minimum Gasteiger partial charge on any atom is -0.335 e. The van der Waals surface area contributed by atoms with Crippen LogP contribution in [0.5, 0.6) is 0 Å². The number of nitrogens with zero attached hydrogens (tertiary/aromatic N) is 4. The maximum absolute atomic E-state index is 13.1. The molecule has 1 N–H and O–H groups in total. The largest absolute Gasteiger partial charge is 0.335 e. The number of pyridine rings is 1. The van der Waals surface area contributed by atoms with Crippen molar-refractivity contribution in [2.45, 2.75) is 45.2 Å². The van der Waals surface area contributed by atoms with Crippen LogP contribution in [0.25, 0.3) is 11.4 Å². The van der Waals surface area contributed by atoms with E-state index in [2.05, 4.69) is 26.8 Å². The lowest BCUT2D eigenvalue weighted by atomic mass is 10.0. The Morgan fingerprint density at radius 1 is 1.22 bits per heavy atom. The first kappa shape index (κ1) is 17.9. The monoisotopic (exact) mass is 367 g/mol. The molecule has 1 amide bonds. The van der Waals surface area contributed by atoms with E-state index < -0.39 is 0 Å². The van der Waals surface area contributed by atoms with Crippen LogP contribution in [0.3, 0.4) is 0 Å². The van der Waals surface area contributed by atoms with Crippen LogP contribution in [0.2, 0.25) is 0 Å². The summed E-state index contributed by atoms with van der Waals surface area (Å²) in [7, 11) is 0. The fraction of sp³-hybridized carbons (Fsp3) is 0.500. The van der Waals surface area contributed by atoms with Crippen molar-refractivity contribution in [2.24, 2.45) is 0 Å². The van der Waals surface area contributed by atoms with Gasteiger partial charge in [-0.25, -0.2) is 4.98 Å². The van der Waals surface area contributed by atoms with Gasteiger partial charge in [0.1, 0.15) is 5.82 Å². The van der Waals surface area contributed by atoms with E-state index in [1.807, 2.05) is 17.0 Å². The summed E-state index contributed by atoms with van der Waals surface area (Å²) in [6.07, 6.45) is 7.04. The topological polar surface area (TPSA) is 82.2 Å². The highest BCUT2D eigenvalue weighted by Gasteiger charge is 2.32. The number of aromatic nitrogens is 3. The molecule has 1 fully saturated rings. The molecule has 142 valence electrons. The number of amides is 1. The molecule has 0 radical (unpaired) electrons. The zero-order valence-corrected chi connectivity index (χ0v) is 15.6. The maximum atomic E-state index is 13.1. The quantitative estimate of drug-likeness (QED) is 0.887. The Balaban J connectivity index is 1.59. The summed E-state index contributed by atoms with van der Waals surface area (Å²) < 4.78 is 0. The standard InChI is InChI=1S/C20H25N5O2/c1-2-17(24-10-3-4-11-24)20(27)25-12-7-15-16(13-25)22-18(23-19(15)26)14-5-8-21-9-6-14/h5-6,8-9,17H,2-4,7,10-13H2,1H3,(H,22,23,26)/t17-/m1/s1. The van der Waals surface area contributed by atoms with Crippen molar-refractivity contribution < 1.29 is 4.79 Å². The van der Waals surface area contributed by atoms with Crippen LogP contribution in [0.4, 0.5) is 0 Å². The van der Waals surface area contributed by atoms with E-state index in [0.717, 1.165) is 25.1 Å². The number of rotatable bonds is 4. The number of aromatic amines is 1. The average molecular weight is 367 g/mol. The van der Waals surface area contributed by atoms with Crippen molar-refractivity contribution in [3.63, 3.8) is 0 Å². The van der Waals surface area contributed by atoms with E-state index in [1.54, 1.807) is 12.4 Å². The van der Waals surface area contributed by atoms with Gasteiger partial charge in [0.2, 0.25) is 5.91 Å². The van der Waals surface area contributed by atoms with Crippen molar-refractivity contribution in [3.05, 3.63) is 46.1 Å². The molecule has 4 rings (SSSR count). The molecule has 7 nitrogen and oxygen atoms in total. The van der Waals surface area contributed by atoms with Gasteiger partial charge >= 0.3 is 0 Å². The molecule has 0 saturated carbocycles. The molecular weight excluding hydrogens is 342 g/mol. The molecule has 7 heteroatoms. The molecule has 1 atom stereocenters. The van der Waals surface area contributed by atoms with E-state index in [4.69, 9.17) is 0 Å². The fourth-order valence-corrected chi connectivity index (χ4v) is 4.13. The lowest BCUT2D eigenvalue weighted by Gasteiger charge is -2.34. The van der Waals surface area contributed by atoms with Gasteiger partial charge in [-0.15, -0.1) is 0 Å². The van der Waals surface area contributed by atoms with Gasteiger partial charge in [0.15, 0.2) is 0 Å². The molecular formula is C20H25N5O2. The van der Waals surface area contributed by atoms with Crippen molar-refractivity contribution >= 4 is 5.91 Å². The van der Waals surface area contributed by atoms with Gasteiger partial charge in [-0.1, -0.05) is 6.92 Å². The molecule has 2 aliphatic rings. The second-order valence-corrected chi connectivity index (χ2v) is 7.25. The van der Waals surface area contributed by atoms with Crippen LogP contribution >= 0.6 is 0 Å². The van der Waals surface area contributed by atoms with E-state index in [1.165, 1.54) is 12.8 Å². The molecule has 0 bridgehead atoms. The molecule has 0 unspecified atom stereocenters. The van der Waals surface area contributed by atoms with Crippen LogP contribution in [-0.4, -0.2) is 56.3 Å². The number of hydrogen-bond acceptors (Lipinski definition) is 5. The number of carbonyl (C=O) groups excluding carboxylic acids is 1. The van der Waals surface area contributed by atoms with Gasteiger partial charge in [-0.3, -0.25) is 19.5 Å². The van der Waals surface area contributed by atoms with Gasteiger partial charge in [0.25, 0.3) is 5.56 Å². The number of carbonyl (C=O) groups is 1. The average Bonchev–Trinajstić information content (AvgIpc) is 3.23. The summed E-state index contributed by atoms with van der Waals surface area (Å²) in [4.78, 5) is 41.4. The Morgan fingerprint density at radius 2 is 1.96 bits per heavy atom. The van der Waals surface area contributed by atoms with Crippen LogP contribution in [0.15, 0.2) is 29.3 Å². The molecule has 2 aliphatic heterocycles. The summed E-state index contributed by atoms with van der Waals surface area (Å²) in [5.41, 5.74) is 2.12. The fourth-order valence-electron chi connectivity index (χ4n) is 4.13. The zero-order chi connectivity index (χ0) is 18.8. The number of fused-ring (bicyclic) bond motifs is 1. The van der Waals surface area contributed by atoms with Crippen molar-refractivity contribution in [2.75, 3.05) is 19.6 Å². The van der Waals surface area contributed by atoms with Crippen molar-refractivity contribution in [3.8, 4) is 11.4 Å². The van der Waals surface area contributed by atoms with E-state index in [-0.39, 0.29) is 17.5 Å². The molecule has 0 spiro atoms. The van der Waals surface area contributed by atoms with Gasteiger partial charge in [0.05, 0.1) is 18.3 Å². The van der Waals surface area contributed by atoms with E-state index in [9.17, 15) is 9.59 Å².